The zero-order valence-corrected chi connectivity index (χ0v) is 12.4. The molecule has 2 atom stereocenters. The first-order chi connectivity index (χ1) is 9.58. The molecule has 106 valence electrons. The lowest BCUT2D eigenvalue weighted by molar-refractivity contribution is 0.180. The van der Waals surface area contributed by atoms with Gasteiger partial charge in [0.25, 0.3) is 0 Å². The first-order valence-electron chi connectivity index (χ1n) is 7.15. The second-order valence-electron chi connectivity index (χ2n) is 5.53. The summed E-state index contributed by atoms with van der Waals surface area (Å²) in [6.45, 7) is 6.34. The molecule has 2 nitrogen and oxygen atoms in total. The van der Waals surface area contributed by atoms with Gasteiger partial charge in [-0.05, 0) is 36.1 Å². The van der Waals surface area contributed by atoms with Crippen LogP contribution in [0.1, 0.15) is 43.9 Å². The van der Waals surface area contributed by atoms with Crippen molar-refractivity contribution >= 4 is 0 Å². The predicted octanol–water partition coefficient (Wildman–Crippen LogP) is 4.28. The molecule has 0 aliphatic heterocycles. The molecule has 0 fully saturated rings. The van der Waals surface area contributed by atoms with Gasteiger partial charge in [-0.2, -0.15) is 0 Å². The van der Waals surface area contributed by atoms with E-state index >= 15 is 0 Å². The zero-order valence-electron chi connectivity index (χ0n) is 12.4. The maximum atomic E-state index is 6.07. The van der Waals surface area contributed by atoms with Crippen LogP contribution < -0.4 is 10.5 Å². The normalized spacial score (nSPS) is 14.1. The third kappa shape index (κ3) is 3.61. The van der Waals surface area contributed by atoms with Crippen LogP contribution in [0.5, 0.6) is 5.75 Å². The van der Waals surface area contributed by atoms with Gasteiger partial charge in [0.1, 0.15) is 11.9 Å². The van der Waals surface area contributed by atoms with Gasteiger partial charge in [0.15, 0.2) is 0 Å². The van der Waals surface area contributed by atoms with Crippen LogP contribution in [0.25, 0.3) is 0 Å². The van der Waals surface area contributed by atoms with Crippen LogP contribution in [0.4, 0.5) is 0 Å². The van der Waals surface area contributed by atoms with Gasteiger partial charge in [-0.25, -0.2) is 0 Å². The first kappa shape index (κ1) is 14.6. The van der Waals surface area contributed by atoms with Crippen LogP contribution in [0.3, 0.4) is 0 Å². The first-order valence-corrected chi connectivity index (χ1v) is 7.15. The minimum absolute atomic E-state index is 0.0674. The largest absolute Gasteiger partial charge is 0.484 e. The molecule has 0 saturated heterocycles. The predicted molar refractivity (Wildman–Crippen MR) is 84.0 cm³/mol. The smallest absolute Gasteiger partial charge is 0.138 e. The SMILES string of the molecule is CC(C)c1ccc(OC(c2ccccc2)C(C)N)cc1. The van der Waals surface area contributed by atoms with Crippen molar-refractivity contribution in [3.05, 3.63) is 65.7 Å². The van der Waals surface area contributed by atoms with E-state index in [1.165, 1.54) is 5.56 Å². The highest BCUT2D eigenvalue weighted by molar-refractivity contribution is 5.30. The van der Waals surface area contributed by atoms with Crippen LogP contribution in [0.15, 0.2) is 54.6 Å². The second kappa shape index (κ2) is 6.58. The summed E-state index contributed by atoms with van der Waals surface area (Å²) in [5.41, 5.74) is 8.49. The average Bonchev–Trinajstić information content (AvgIpc) is 2.46. The van der Waals surface area contributed by atoms with E-state index in [0.29, 0.717) is 5.92 Å². The van der Waals surface area contributed by atoms with Crippen LogP contribution in [-0.4, -0.2) is 6.04 Å². The third-order valence-corrected chi connectivity index (χ3v) is 3.42. The molecule has 2 aromatic carbocycles. The molecule has 0 saturated carbocycles. The number of benzene rings is 2. The summed E-state index contributed by atoms with van der Waals surface area (Å²) in [5.74, 6) is 1.39. The lowest BCUT2D eigenvalue weighted by atomic mass is 10.0. The van der Waals surface area contributed by atoms with Crippen LogP contribution in [0, 0.1) is 0 Å². The molecule has 2 rings (SSSR count). The van der Waals surface area contributed by atoms with Gasteiger partial charge < -0.3 is 10.5 Å². The van der Waals surface area contributed by atoms with E-state index in [0.717, 1.165) is 11.3 Å². The molecule has 2 heteroatoms. The summed E-state index contributed by atoms with van der Waals surface area (Å²) in [7, 11) is 0. The number of rotatable bonds is 5. The van der Waals surface area contributed by atoms with Crippen molar-refractivity contribution in [2.75, 3.05) is 0 Å². The Kier molecular flexibility index (Phi) is 4.80. The minimum atomic E-state index is -0.124. The Hall–Kier alpha value is -1.80. The molecule has 0 bridgehead atoms. The van der Waals surface area contributed by atoms with Gasteiger partial charge in [-0.1, -0.05) is 56.3 Å². The van der Waals surface area contributed by atoms with Gasteiger partial charge in [0.2, 0.25) is 0 Å². The number of nitrogens with two attached hydrogens (primary N) is 1. The van der Waals surface area contributed by atoms with Crippen LogP contribution >= 0.6 is 0 Å². The van der Waals surface area contributed by atoms with E-state index in [9.17, 15) is 0 Å². The maximum absolute atomic E-state index is 6.07. The summed E-state index contributed by atoms with van der Waals surface area (Å²) in [6, 6.07) is 18.3. The van der Waals surface area contributed by atoms with Crippen molar-refractivity contribution < 1.29 is 4.74 Å². The molecular weight excluding hydrogens is 246 g/mol. The van der Waals surface area contributed by atoms with Crippen LogP contribution in [0.2, 0.25) is 0 Å². The Bertz CT molecular complexity index is 517. The topological polar surface area (TPSA) is 35.2 Å². The molecule has 2 aromatic rings. The maximum Gasteiger partial charge on any atom is 0.138 e. The number of ether oxygens (including phenoxy) is 1. The Labute approximate surface area is 121 Å². The molecule has 0 aliphatic carbocycles. The summed E-state index contributed by atoms with van der Waals surface area (Å²) < 4.78 is 6.07. The number of hydrogen-bond acceptors (Lipinski definition) is 2. The van der Waals surface area contributed by atoms with Gasteiger partial charge in [-0.15, -0.1) is 0 Å². The van der Waals surface area contributed by atoms with Crippen molar-refractivity contribution in [1.29, 1.82) is 0 Å². The molecular formula is C18H23NO. The molecule has 20 heavy (non-hydrogen) atoms. The molecule has 0 radical (unpaired) electrons. The summed E-state index contributed by atoms with van der Waals surface area (Å²) in [5, 5.41) is 0. The second-order valence-corrected chi connectivity index (χ2v) is 5.53. The highest BCUT2D eigenvalue weighted by Crippen LogP contribution is 2.25. The van der Waals surface area contributed by atoms with E-state index in [1.807, 2.05) is 37.3 Å². The van der Waals surface area contributed by atoms with Gasteiger partial charge in [0.05, 0.1) is 0 Å². The van der Waals surface area contributed by atoms with Crippen molar-refractivity contribution in [2.24, 2.45) is 5.73 Å². The molecule has 0 heterocycles. The molecule has 0 aliphatic rings. The standard InChI is InChI=1S/C18H23NO/c1-13(2)15-9-11-17(12-10-15)20-18(14(3)19)16-7-5-4-6-8-16/h4-14,18H,19H2,1-3H3. The van der Waals surface area contributed by atoms with Gasteiger partial charge in [0, 0.05) is 6.04 Å². The quantitative estimate of drug-likeness (QED) is 0.879. The zero-order chi connectivity index (χ0) is 14.5. The van der Waals surface area contributed by atoms with Gasteiger partial charge >= 0.3 is 0 Å². The molecule has 0 spiro atoms. The lowest BCUT2D eigenvalue weighted by Crippen LogP contribution is -2.29. The van der Waals surface area contributed by atoms with E-state index in [1.54, 1.807) is 0 Å². The molecule has 2 N–H and O–H groups in total. The fraction of sp³-hybridized carbons (Fsp3) is 0.333. The lowest BCUT2D eigenvalue weighted by Gasteiger charge is -2.23. The number of hydrogen-bond donors (Lipinski definition) is 1. The Balaban J connectivity index is 2.17. The molecule has 0 aromatic heterocycles. The molecule has 0 amide bonds. The third-order valence-electron chi connectivity index (χ3n) is 3.42. The van der Waals surface area contributed by atoms with Gasteiger partial charge in [-0.3, -0.25) is 0 Å². The van der Waals surface area contributed by atoms with E-state index in [4.69, 9.17) is 10.5 Å². The average molecular weight is 269 g/mol. The van der Waals surface area contributed by atoms with E-state index < -0.39 is 0 Å². The monoisotopic (exact) mass is 269 g/mol. The summed E-state index contributed by atoms with van der Waals surface area (Å²) >= 11 is 0. The fourth-order valence-electron chi connectivity index (χ4n) is 2.20. The van der Waals surface area contributed by atoms with Crippen molar-refractivity contribution in [1.82, 2.24) is 0 Å². The fourth-order valence-corrected chi connectivity index (χ4v) is 2.20. The Morgan fingerprint density at radius 2 is 1.40 bits per heavy atom. The van der Waals surface area contributed by atoms with Crippen molar-refractivity contribution in [3.63, 3.8) is 0 Å². The van der Waals surface area contributed by atoms with Crippen molar-refractivity contribution in [3.8, 4) is 5.75 Å². The van der Waals surface area contributed by atoms with E-state index in [-0.39, 0.29) is 12.1 Å². The highest BCUT2D eigenvalue weighted by atomic mass is 16.5. The van der Waals surface area contributed by atoms with Crippen LogP contribution in [-0.2, 0) is 0 Å². The Morgan fingerprint density at radius 3 is 1.90 bits per heavy atom. The molecule has 2 unspecified atom stereocenters. The highest BCUT2D eigenvalue weighted by Gasteiger charge is 2.17. The Morgan fingerprint density at radius 1 is 0.800 bits per heavy atom. The summed E-state index contributed by atoms with van der Waals surface area (Å²) in [4.78, 5) is 0. The minimum Gasteiger partial charge on any atom is -0.484 e. The van der Waals surface area contributed by atoms with E-state index in [2.05, 4.69) is 38.1 Å². The summed E-state index contributed by atoms with van der Waals surface area (Å²) in [6.07, 6.45) is -0.124. The van der Waals surface area contributed by atoms with Crippen molar-refractivity contribution in [2.45, 2.75) is 38.8 Å².